The fraction of sp³-hybridized carbons (Fsp3) is 0.368. The first-order valence-electron chi connectivity index (χ1n) is 9.14. The molecule has 1 N–H and O–H groups in total. The number of esters is 1. The van der Waals surface area contributed by atoms with Gasteiger partial charge in [-0.05, 0) is 43.2 Å². The summed E-state index contributed by atoms with van der Waals surface area (Å²) in [4.78, 5) is 34.5. The molecule has 0 bridgehead atoms. The minimum absolute atomic E-state index is 0.252. The Morgan fingerprint density at radius 3 is 2.33 bits per heavy atom. The summed E-state index contributed by atoms with van der Waals surface area (Å²) in [5.74, 6) is -1.18. The van der Waals surface area contributed by atoms with Crippen molar-refractivity contribution >= 4 is 23.5 Å². The second-order valence-electron chi connectivity index (χ2n) is 6.54. The molecular formula is C19H19F3N4O4. The second-order valence-corrected chi connectivity index (χ2v) is 6.54. The van der Waals surface area contributed by atoms with Gasteiger partial charge in [-0.15, -0.1) is 13.2 Å². The molecule has 2 heterocycles. The Morgan fingerprint density at radius 2 is 1.73 bits per heavy atom. The lowest BCUT2D eigenvalue weighted by Gasteiger charge is -2.30. The number of aromatic nitrogens is 2. The van der Waals surface area contributed by atoms with Gasteiger partial charge in [0.15, 0.2) is 6.61 Å². The topological polar surface area (TPSA) is 93.7 Å². The smallest absolute Gasteiger partial charge is 0.455 e. The molecule has 1 aliphatic rings. The molecule has 1 saturated heterocycles. The van der Waals surface area contributed by atoms with Crippen molar-refractivity contribution in [2.75, 3.05) is 29.9 Å². The predicted octanol–water partition coefficient (Wildman–Crippen LogP) is 2.77. The van der Waals surface area contributed by atoms with Crippen LogP contribution < -0.4 is 15.0 Å². The van der Waals surface area contributed by atoms with E-state index in [1.165, 1.54) is 12.1 Å². The van der Waals surface area contributed by atoms with E-state index in [9.17, 15) is 22.8 Å². The summed E-state index contributed by atoms with van der Waals surface area (Å²) < 4.78 is 45.2. The number of alkyl halides is 3. The third kappa shape index (κ3) is 6.33. The van der Waals surface area contributed by atoms with Gasteiger partial charge in [-0.3, -0.25) is 9.59 Å². The molecule has 11 heteroatoms. The number of carbonyl (C=O) groups is 2. The summed E-state index contributed by atoms with van der Waals surface area (Å²) in [5.41, 5.74) is 0.252. The Labute approximate surface area is 170 Å². The van der Waals surface area contributed by atoms with Crippen molar-refractivity contribution in [3.05, 3.63) is 42.7 Å². The molecule has 30 heavy (non-hydrogen) atoms. The van der Waals surface area contributed by atoms with E-state index in [0.29, 0.717) is 31.9 Å². The van der Waals surface area contributed by atoms with Crippen molar-refractivity contribution in [3.8, 4) is 5.75 Å². The van der Waals surface area contributed by atoms with Crippen LogP contribution in [0.25, 0.3) is 0 Å². The van der Waals surface area contributed by atoms with Gasteiger partial charge in [-0.25, -0.2) is 9.97 Å². The van der Waals surface area contributed by atoms with E-state index in [0.717, 1.165) is 12.1 Å². The number of benzene rings is 1. The van der Waals surface area contributed by atoms with Gasteiger partial charge in [-0.1, -0.05) is 0 Å². The summed E-state index contributed by atoms with van der Waals surface area (Å²) >= 11 is 0. The predicted molar refractivity (Wildman–Crippen MR) is 99.7 cm³/mol. The molecule has 0 saturated carbocycles. The third-order valence-electron chi connectivity index (χ3n) is 4.38. The first-order chi connectivity index (χ1) is 14.3. The van der Waals surface area contributed by atoms with Crippen LogP contribution in [0.2, 0.25) is 0 Å². The van der Waals surface area contributed by atoms with Gasteiger partial charge in [0, 0.05) is 31.2 Å². The van der Waals surface area contributed by atoms with Crippen molar-refractivity contribution in [1.29, 1.82) is 0 Å². The van der Waals surface area contributed by atoms with Crippen molar-refractivity contribution in [2.45, 2.75) is 19.2 Å². The fourth-order valence-electron chi connectivity index (χ4n) is 2.96. The molecule has 0 radical (unpaired) electrons. The summed E-state index contributed by atoms with van der Waals surface area (Å²) in [6, 6.07) is 6.37. The van der Waals surface area contributed by atoms with Crippen LogP contribution in [0.4, 0.5) is 24.8 Å². The van der Waals surface area contributed by atoms with E-state index in [1.807, 2.05) is 4.90 Å². The minimum Gasteiger partial charge on any atom is -0.455 e. The molecular weight excluding hydrogens is 405 g/mol. The zero-order valence-electron chi connectivity index (χ0n) is 15.8. The van der Waals surface area contributed by atoms with E-state index in [1.54, 1.807) is 18.5 Å². The zero-order valence-corrected chi connectivity index (χ0v) is 15.8. The third-order valence-corrected chi connectivity index (χ3v) is 4.38. The monoisotopic (exact) mass is 424 g/mol. The molecule has 1 aliphatic heterocycles. The van der Waals surface area contributed by atoms with Gasteiger partial charge in [0.2, 0.25) is 5.95 Å². The normalized spacial score (nSPS) is 14.8. The number of carbonyl (C=O) groups excluding carboxylic acids is 2. The first kappa shape index (κ1) is 21.3. The van der Waals surface area contributed by atoms with Crippen LogP contribution in [0, 0.1) is 5.92 Å². The van der Waals surface area contributed by atoms with Crippen LogP contribution in [0.3, 0.4) is 0 Å². The van der Waals surface area contributed by atoms with Crippen LogP contribution in [0.1, 0.15) is 12.8 Å². The molecule has 0 unspecified atom stereocenters. The summed E-state index contributed by atoms with van der Waals surface area (Å²) in [6.07, 6.45) is -0.377. The molecule has 0 aliphatic carbocycles. The Bertz CT molecular complexity index is 854. The lowest BCUT2D eigenvalue weighted by atomic mass is 9.97. The molecule has 8 nitrogen and oxygen atoms in total. The fourth-order valence-corrected chi connectivity index (χ4v) is 2.96. The number of anilines is 2. The molecule has 0 spiro atoms. The number of nitrogens with one attached hydrogen (secondary N) is 1. The Hall–Kier alpha value is -3.37. The maximum Gasteiger partial charge on any atom is 0.573 e. The quantitative estimate of drug-likeness (QED) is 0.713. The van der Waals surface area contributed by atoms with Gasteiger partial charge in [0.25, 0.3) is 5.91 Å². The van der Waals surface area contributed by atoms with E-state index >= 15 is 0 Å². The molecule has 2 aromatic rings. The SMILES string of the molecule is O=C(COC(=O)C1CCN(c2ncccn2)CC1)Nc1ccc(OC(F)(F)F)cc1. The standard InChI is InChI=1S/C19H19F3N4O4/c20-19(21,22)30-15-4-2-14(3-5-15)25-16(27)12-29-17(28)13-6-10-26(11-7-13)18-23-8-1-9-24-18/h1-5,8-9,13H,6-7,10-12H2,(H,25,27). The van der Waals surface area contributed by atoms with Crippen molar-refractivity contribution in [3.63, 3.8) is 0 Å². The van der Waals surface area contributed by atoms with Crippen LogP contribution in [0.15, 0.2) is 42.7 Å². The number of halogens is 3. The average molecular weight is 424 g/mol. The largest absolute Gasteiger partial charge is 0.573 e. The van der Waals surface area contributed by atoms with E-state index in [2.05, 4.69) is 20.0 Å². The molecule has 1 amide bonds. The number of ether oxygens (including phenoxy) is 2. The highest BCUT2D eigenvalue weighted by Crippen LogP contribution is 2.24. The highest BCUT2D eigenvalue weighted by Gasteiger charge is 2.31. The number of hydrogen-bond donors (Lipinski definition) is 1. The van der Waals surface area contributed by atoms with Gasteiger partial charge in [-0.2, -0.15) is 0 Å². The highest BCUT2D eigenvalue weighted by atomic mass is 19.4. The molecule has 0 atom stereocenters. The van der Waals surface area contributed by atoms with E-state index in [4.69, 9.17) is 4.74 Å². The number of hydrogen-bond acceptors (Lipinski definition) is 7. The van der Waals surface area contributed by atoms with Crippen LogP contribution >= 0.6 is 0 Å². The molecule has 1 aromatic carbocycles. The number of rotatable bonds is 6. The lowest BCUT2D eigenvalue weighted by Crippen LogP contribution is -2.38. The minimum atomic E-state index is -4.79. The van der Waals surface area contributed by atoms with Crippen molar-refractivity contribution < 1.29 is 32.2 Å². The Kier molecular flexibility index (Phi) is 6.70. The molecule has 1 aromatic heterocycles. The summed E-state index contributed by atoms with van der Waals surface area (Å²) in [7, 11) is 0. The zero-order chi connectivity index (χ0) is 21.6. The van der Waals surface area contributed by atoms with E-state index < -0.39 is 30.6 Å². The van der Waals surface area contributed by atoms with Crippen molar-refractivity contribution in [1.82, 2.24) is 9.97 Å². The van der Waals surface area contributed by atoms with Gasteiger partial charge in [0.05, 0.1) is 5.92 Å². The van der Waals surface area contributed by atoms with Crippen LogP contribution in [-0.2, 0) is 14.3 Å². The van der Waals surface area contributed by atoms with Gasteiger partial charge in [0.1, 0.15) is 5.75 Å². The molecule has 3 rings (SSSR count). The maximum absolute atomic E-state index is 12.2. The average Bonchev–Trinajstić information content (AvgIpc) is 2.73. The van der Waals surface area contributed by atoms with Gasteiger partial charge >= 0.3 is 12.3 Å². The van der Waals surface area contributed by atoms with Gasteiger partial charge < -0.3 is 19.7 Å². The van der Waals surface area contributed by atoms with Crippen LogP contribution in [-0.4, -0.2) is 47.9 Å². The maximum atomic E-state index is 12.2. The lowest BCUT2D eigenvalue weighted by molar-refractivity contribution is -0.274. The summed E-state index contributed by atoms with van der Waals surface area (Å²) in [6.45, 7) is 0.715. The van der Waals surface area contributed by atoms with E-state index in [-0.39, 0.29) is 11.6 Å². The molecule has 1 fully saturated rings. The molecule has 160 valence electrons. The Morgan fingerprint density at radius 1 is 1.10 bits per heavy atom. The first-order valence-corrected chi connectivity index (χ1v) is 9.14. The summed E-state index contributed by atoms with van der Waals surface area (Å²) in [5, 5.41) is 2.44. The Balaban J connectivity index is 1.40. The van der Waals surface area contributed by atoms with Crippen LogP contribution in [0.5, 0.6) is 5.75 Å². The number of nitrogens with zero attached hydrogens (tertiary/aromatic N) is 3. The number of piperidine rings is 1. The second kappa shape index (κ2) is 9.42. The number of amides is 1. The van der Waals surface area contributed by atoms with Crippen molar-refractivity contribution in [2.24, 2.45) is 5.92 Å². The highest BCUT2D eigenvalue weighted by molar-refractivity contribution is 5.93.